The van der Waals surface area contributed by atoms with Gasteiger partial charge in [0.05, 0.1) is 20.3 Å². The van der Waals surface area contributed by atoms with E-state index in [4.69, 9.17) is 14.3 Å². The molecule has 0 N–H and O–H groups in total. The van der Waals surface area contributed by atoms with Crippen LogP contribution in [0.25, 0.3) is 0 Å². The van der Waals surface area contributed by atoms with Crippen LogP contribution < -0.4 is 9.47 Å². The molecule has 1 aliphatic heterocycles. The number of methoxy groups -OCH3 is 2. The third-order valence-corrected chi connectivity index (χ3v) is 3.40. The van der Waals surface area contributed by atoms with Crippen molar-refractivity contribution in [2.24, 2.45) is 0 Å². The first-order valence-corrected chi connectivity index (χ1v) is 6.13. The highest BCUT2D eigenvalue weighted by atomic mass is 16.7. The minimum absolute atomic E-state index is 0.0362. The van der Waals surface area contributed by atoms with Gasteiger partial charge in [0.15, 0.2) is 11.5 Å². The fraction of sp³-hybridized carbons (Fsp3) is 0.357. The van der Waals surface area contributed by atoms with Crippen LogP contribution in [-0.2, 0) is 4.84 Å². The zero-order chi connectivity index (χ0) is 13.4. The lowest BCUT2D eigenvalue weighted by Crippen LogP contribution is -2.34. The van der Waals surface area contributed by atoms with Gasteiger partial charge in [-0.25, -0.2) is 5.06 Å². The minimum Gasteiger partial charge on any atom is -0.493 e. The van der Waals surface area contributed by atoms with Gasteiger partial charge in [0.25, 0.3) is 5.91 Å². The Morgan fingerprint density at radius 2 is 2.05 bits per heavy atom. The summed E-state index contributed by atoms with van der Waals surface area (Å²) in [4.78, 5) is 17.9. The Labute approximate surface area is 111 Å². The summed E-state index contributed by atoms with van der Waals surface area (Å²) in [5.41, 5.74) is 0.526. The molecule has 1 aromatic carbocycles. The van der Waals surface area contributed by atoms with Gasteiger partial charge in [-0.1, -0.05) is 12.2 Å². The summed E-state index contributed by atoms with van der Waals surface area (Å²) < 4.78 is 10.4. The van der Waals surface area contributed by atoms with Crippen LogP contribution in [0.4, 0.5) is 0 Å². The molecule has 2 aliphatic rings. The van der Waals surface area contributed by atoms with Crippen molar-refractivity contribution >= 4 is 5.91 Å². The number of hydrogen-bond donors (Lipinski definition) is 0. The first-order valence-electron chi connectivity index (χ1n) is 6.13. The molecule has 1 heterocycles. The second kappa shape index (κ2) is 4.59. The number of rotatable bonds is 3. The zero-order valence-electron chi connectivity index (χ0n) is 10.8. The van der Waals surface area contributed by atoms with E-state index in [1.54, 1.807) is 32.4 Å². The number of ether oxygens (including phenoxy) is 2. The maximum atomic E-state index is 12.4. The van der Waals surface area contributed by atoms with Gasteiger partial charge in [-0.15, -0.1) is 0 Å². The zero-order valence-corrected chi connectivity index (χ0v) is 10.8. The molecule has 100 valence electrons. The van der Waals surface area contributed by atoms with Crippen molar-refractivity contribution in [3.8, 4) is 11.5 Å². The molecule has 5 heteroatoms. The molecule has 2 bridgehead atoms. The van der Waals surface area contributed by atoms with Crippen LogP contribution in [0.5, 0.6) is 11.5 Å². The number of amides is 1. The molecule has 19 heavy (non-hydrogen) atoms. The SMILES string of the molecule is COc1ccc(C(=O)N2OC3C=CC2C3)cc1OC. The molecule has 2 unspecified atom stereocenters. The number of carbonyl (C=O) groups excluding carboxylic acids is 1. The van der Waals surface area contributed by atoms with E-state index in [9.17, 15) is 4.79 Å². The Morgan fingerprint density at radius 3 is 2.63 bits per heavy atom. The standard InChI is InChI=1S/C14H15NO4/c1-17-12-6-3-9(7-13(12)18-2)14(16)15-10-4-5-11(8-10)19-15/h3-7,10-11H,8H2,1-2H3. The van der Waals surface area contributed by atoms with Gasteiger partial charge in [-0.2, -0.15) is 0 Å². The van der Waals surface area contributed by atoms with E-state index < -0.39 is 0 Å². The van der Waals surface area contributed by atoms with E-state index in [0.717, 1.165) is 6.42 Å². The number of nitrogens with zero attached hydrogens (tertiary/aromatic N) is 1. The first kappa shape index (κ1) is 12.0. The smallest absolute Gasteiger partial charge is 0.278 e. The van der Waals surface area contributed by atoms with Crippen LogP contribution in [0, 0.1) is 0 Å². The first-order chi connectivity index (χ1) is 9.22. The molecule has 1 aromatic rings. The largest absolute Gasteiger partial charge is 0.493 e. The average Bonchev–Trinajstić information content (AvgIpc) is 3.08. The number of carbonyl (C=O) groups is 1. The van der Waals surface area contributed by atoms with E-state index in [2.05, 4.69) is 0 Å². The normalized spacial score (nSPS) is 23.8. The average molecular weight is 261 g/mol. The Hall–Kier alpha value is -2.01. The number of fused-ring (bicyclic) bond motifs is 2. The van der Waals surface area contributed by atoms with Crippen LogP contribution in [0.1, 0.15) is 16.8 Å². The molecule has 1 aliphatic carbocycles. The highest BCUT2D eigenvalue weighted by Crippen LogP contribution is 2.32. The van der Waals surface area contributed by atoms with Crippen molar-refractivity contribution in [1.82, 2.24) is 5.06 Å². The molecular weight excluding hydrogens is 246 g/mol. The molecular formula is C14H15NO4. The highest BCUT2D eigenvalue weighted by molar-refractivity contribution is 5.94. The van der Waals surface area contributed by atoms with Crippen molar-refractivity contribution < 1.29 is 19.1 Å². The van der Waals surface area contributed by atoms with Gasteiger partial charge in [0.2, 0.25) is 0 Å². The summed E-state index contributed by atoms with van der Waals surface area (Å²) in [6.45, 7) is 0. The van der Waals surface area contributed by atoms with Crippen LogP contribution in [-0.4, -0.2) is 37.3 Å². The third kappa shape index (κ3) is 1.96. The van der Waals surface area contributed by atoms with Crippen LogP contribution in [0.3, 0.4) is 0 Å². The van der Waals surface area contributed by atoms with Gasteiger partial charge in [-0.05, 0) is 18.2 Å². The summed E-state index contributed by atoms with van der Waals surface area (Å²) in [5.74, 6) is 0.980. The number of hydroxylamine groups is 2. The summed E-state index contributed by atoms with van der Waals surface area (Å²) in [6, 6.07) is 5.14. The van der Waals surface area contributed by atoms with Gasteiger partial charge in [0.1, 0.15) is 6.10 Å². The second-order valence-corrected chi connectivity index (χ2v) is 4.53. The lowest BCUT2D eigenvalue weighted by atomic mass is 10.1. The van der Waals surface area contributed by atoms with Crippen molar-refractivity contribution in [1.29, 1.82) is 0 Å². The molecule has 1 fully saturated rings. The van der Waals surface area contributed by atoms with Crippen molar-refractivity contribution in [2.75, 3.05) is 14.2 Å². The lowest BCUT2D eigenvalue weighted by molar-refractivity contribution is -0.114. The lowest BCUT2D eigenvalue weighted by Gasteiger charge is -2.22. The fourth-order valence-corrected chi connectivity index (χ4v) is 2.42. The maximum Gasteiger partial charge on any atom is 0.278 e. The van der Waals surface area contributed by atoms with Gasteiger partial charge in [0, 0.05) is 12.0 Å². The predicted molar refractivity (Wildman–Crippen MR) is 68.1 cm³/mol. The predicted octanol–water partition coefficient (Wildman–Crippen LogP) is 1.79. The Bertz CT molecular complexity index is 540. The quantitative estimate of drug-likeness (QED) is 0.778. The van der Waals surface area contributed by atoms with Crippen LogP contribution >= 0.6 is 0 Å². The van der Waals surface area contributed by atoms with E-state index in [1.807, 2.05) is 12.2 Å². The van der Waals surface area contributed by atoms with Crippen molar-refractivity contribution in [2.45, 2.75) is 18.6 Å². The fourth-order valence-electron chi connectivity index (χ4n) is 2.42. The maximum absolute atomic E-state index is 12.4. The molecule has 0 aromatic heterocycles. The highest BCUT2D eigenvalue weighted by Gasteiger charge is 2.38. The van der Waals surface area contributed by atoms with Crippen molar-refractivity contribution in [3.63, 3.8) is 0 Å². The Morgan fingerprint density at radius 1 is 1.26 bits per heavy atom. The second-order valence-electron chi connectivity index (χ2n) is 4.53. The van der Waals surface area contributed by atoms with Gasteiger partial charge < -0.3 is 9.47 Å². The molecule has 1 amide bonds. The van der Waals surface area contributed by atoms with E-state index in [-0.39, 0.29) is 18.1 Å². The molecule has 0 saturated carbocycles. The van der Waals surface area contributed by atoms with Crippen LogP contribution in [0.2, 0.25) is 0 Å². The molecule has 1 saturated heterocycles. The molecule has 5 nitrogen and oxygen atoms in total. The van der Waals surface area contributed by atoms with E-state index >= 15 is 0 Å². The molecule has 2 atom stereocenters. The third-order valence-electron chi connectivity index (χ3n) is 3.40. The summed E-state index contributed by atoms with van der Waals surface area (Å²) in [6.07, 6.45) is 4.88. The molecule has 3 rings (SSSR count). The van der Waals surface area contributed by atoms with Crippen molar-refractivity contribution in [3.05, 3.63) is 35.9 Å². The molecule has 0 radical (unpaired) electrons. The topological polar surface area (TPSA) is 48.0 Å². The summed E-state index contributed by atoms with van der Waals surface area (Å²) >= 11 is 0. The number of hydrogen-bond acceptors (Lipinski definition) is 4. The van der Waals surface area contributed by atoms with E-state index in [0.29, 0.717) is 17.1 Å². The van der Waals surface area contributed by atoms with E-state index in [1.165, 1.54) is 5.06 Å². The number of benzene rings is 1. The Balaban J connectivity index is 1.86. The Kier molecular flexibility index (Phi) is 2.91. The minimum atomic E-state index is -0.155. The summed E-state index contributed by atoms with van der Waals surface area (Å²) in [7, 11) is 3.11. The van der Waals surface area contributed by atoms with Gasteiger partial charge in [-0.3, -0.25) is 9.63 Å². The van der Waals surface area contributed by atoms with Crippen LogP contribution in [0.15, 0.2) is 30.4 Å². The van der Waals surface area contributed by atoms with Gasteiger partial charge >= 0.3 is 0 Å². The monoisotopic (exact) mass is 261 g/mol. The summed E-state index contributed by atoms with van der Waals surface area (Å²) in [5, 5.41) is 1.44. The molecule has 0 spiro atoms.